The number of hydrogen-bond donors (Lipinski definition) is 6. The fourth-order valence-corrected chi connectivity index (χ4v) is 2.71. The van der Waals surface area contributed by atoms with Gasteiger partial charge in [-0.25, -0.2) is 0 Å². The zero-order valence-electron chi connectivity index (χ0n) is 12.0. The van der Waals surface area contributed by atoms with Crippen LogP contribution in [0.4, 0.5) is 0 Å². The molecule has 8 N–H and O–H groups in total. The Hall–Kier alpha value is -1.16. The van der Waals surface area contributed by atoms with Gasteiger partial charge in [-0.05, 0) is 20.9 Å². The minimum atomic E-state index is -5.40. The standard InChI is InChI=1S/C10H21N4O6P/c1-5(11)8(16)10(21(18,19)20,7(15)4-13-3)14-9(17)6(2)12/h5-6,13H,4,11-12H2,1-3H3,(H,14,17)(H2,18,19,20)/t5-,6-,10?/m0/s1. The molecule has 0 saturated carbocycles. The Bertz CT molecular complexity index is 474. The van der Waals surface area contributed by atoms with Crippen molar-refractivity contribution in [1.82, 2.24) is 10.6 Å². The molecular weight excluding hydrogens is 303 g/mol. The van der Waals surface area contributed by atoms with E-state index in [1.54, 1.807) is 5.32 Å². The van der Waals surface area contributed by atoms with Crippen molar-refractivity contribution in [1.29, 1.82) is 0 Å². The van der Waals surface area contributed by atoms with Crippen LogP contribution >= 0.6 is 7.60 Å². The minimum absolute atomic E-state index is 0.553. The summed E-state index contributed by atoms with van der Waals surface area (Å²) in [5.41, 5.74) is 10.7. The van der Waals surface area contributed by atoms with Gasteiger partial charge in [-0.15, -0.1) is 0 Å². The number of ketones is 2. The largest absolute Gasteiger partial charge is 0.366 e. The smallest absolute Gasteiger partial charge is 0.326 e. The molecule has 0 heterocycles. The van der Waals surface area contributed by atoms with Crippen LogP contribution in [0.15, 0.2) is 0 Å². The predicted octanol–water partition coefficient (Wildman–Crippen LogP) is -2.97. The average molecular weight is 324 g/mol. The summed E-state index contributed by atoms with van der Waals surface area (Å²) in [6.45, 7) is 1.83. The quantitative estimate of drug-likeness (QED) is 0.200. The lowest BCUT2D eigenvalue weighted by molar-refractivity contribution is -0.138. The van der Waals surface area contributed by atoms with Gasteiger partial charge in [0.05, 0.1) is 18.6 Å². The first kappa shape index (κ1) is 19.8. The van der Waals surface area contributed by atoms with E-state index in [4.69, 9.17) is 11.5 Å². The number of likely N-dealkylation sites (N-methyl/N-ethyl adjacent to an activating group) is 1. The van der Waals surface area contributed by atoms with Gasteiger partial charge in [-0.1, -0.05) is 0 Å². The molecule has 0 bridgehead atoms. The van der Waals surface area contributed by atoms with Crippen LogP contribution in [-0.2, 0) is 18.9 Å². The zero-order valence-corrected chi connectivity index (χ0v) is 12.9. The third kappa shape index (κ3) is 4.16. The Labute approximate surface area is 121 Å². The van der Waals surface area contributed by atoms with Crippen LogP contribution in [0, 0.1) is 0 Å². The predicted molar refractivity (Wildman–Crippen MR) is 74.2 cm³/mol. The number of carbonyl (C=O) groups is 3. The summed E-state index contributed by atoms with van der Waals surface area (Å²) < 4.78 is 11.8. The Balaban J connectivity index is 6.12. The molecule has 0 saturated heterocycles. The van der Waals surface area contributed by atoms with Crippen molar-refractivity contribution in [2.45, 2.75) is 31.2 Å². The van der Waals surface area contributed by atoms with Crippen LogP contribution in [0.1, 0.15) is 13.8 Å². The van der Waals surface area contributed by atoms with E-state index < -0.39 is 49.0 Å². The first-order chi connectivity index (χ1) is 9.41. The third-order valence-corrected chi connectivity index (χ3v) is 4.12. The molecule has 21 heavy (non-hydrogen) atoms. The lowest BCUT2D eigenvalue weighted by atomic mass is 10.0. The number of nitrogens with one attached hydrogen (secondary N) is 2. The molecule has 10 nitrogen and oxygen atoms in total. The van der Waals surface area contributed by atoms with Gasteiger partial charge in [0, 0.05) is 0 Å². The molecule has 0 aliphatic rings. The molecule has 1 unspecified atom stereocenters. The van der Waals surface area contributed by atoms with Crippen molar-refractivity contribution in [2.75, 3.05) is 13.6 Å². The second-order valence-corrected chi connectivity index (χ2v) is 6.40. The summed E-state index contributed by atoms with van der Waals surface area (Å²) >= 11 is 0. The first-order valence-electron chi connectivity index (χ1n) is 6.02. The Morgan fingerprint density at radius 2 is 1.67 bits per heavy atom. The number of amides is 1. The van der Waals surface area contributed by atoms with E-state index >= 15 is 0 Å². The second-order valence-electron chi connectivity index (χ2n) is 4.64. The Kier molecular flexibility index (Phi) is 6.81. The third-order valence-electron chi connectivity index (χ3n) is 2.67. The molecule has 0 spiro atoms. The Morgan fingerprint density at radius 3 is 1.95 bits per heavy atom. The van der Waals surface area contributed by atoms with Gasteiger partial charge < -0.3 is 31.9 Å². The number of nitrogens with two attached hydrogens (primary N) is 2. The van der Waals surface area contributed by atoms with E-state index in [0.29, 0.717) is 0 Å². The highest BCUT2D eigenvalue weighted by Gasteiger charge is 2.60. The highest BCUT2D eigenvalue weighted by molar-refractivity contribution is 7.56. The number of rotatable bonds is 8. The first-order valence-corrected chi connectivity index (χ1v) is 7.64. The highest BCUT2D eigenvalue weighted by atomic mass is 31.2. The molecule has 0 aromatic heterocycles. The van der Waals surface area contributed by atoms with Crippen LogP contribution < -0.4 is 22.1 Å². The monoisotopic (exact) mass is 324 g/mol. The molecule has 122 valence electrons. The molecule has 0 fully saturated rings. The van der Waals surface area contributed by atoms with E-state index in [9.17, 15) is 28.7 Å². The van der Waals surface area contributed by atoms with E-state index in [1.165, 1.54) is 14.0 Å². The van der Waals surface area contributed by atoms with Crippen LogP contribution in [0.5, 0.6) is 0 Å². The molecule has 0 rings (SSSR count). The van der Waals surface area contributed by atoms with Crippen molar-refractivity contribution >= 4 is 25.1 Å². The fraction of sp³-hybridized carbons (Fsp3) is 0.700. The summed E-state index contributed by atoms with van der Waals surface area (Å²) in [6, 6.07) is -2.56. The number of Topliss-reactive ketones (excluding diaryl/α,β-unsaturated/α-hetero) is 2. The topological polar surface area (TPSA) is 185 Å². The van der Waals surface area contributed by atoms with Crippen LogP contribution in [0.2, 0.25) is 0 Å². The molecule has 0 aliphatic heterocycles. The van der Waals surface area contributed by atoms with Crippen molar-refractivity contribution in [3.8, 4) is 0 Å². The van der Waals surface area contributed by atoms with E-state index in [0.717, 1.165) is 6.92 Å². The van der Waals surface area contributed by atoms with Gasteiger partial charge in [0.15, 0.2) is 11.6 Å². The van der Waals surface area contributed by atoms with E-state index in [2.05, 4.69) is 5.32 Å². The summed E-state index contributed by atoms with van der Waals surface area (Å²) in [5.74, 6) is -3.54. The SMILES string of the molecule is CNCC(=O)C(NC(=O)[C@H](C)N)(C(=O)[C@H](C)N)P(=O)(O)O. The normalized spacial score (nSPS) is 17.5. The van der Waals surface area contributed by atoms with Gasteiger partial charge in [0.2, 0.25) is 5.91 Å². The molecule has 0 aromatic rings. The van der Waals surface area contributed by atoms with E-state index in [1.807, 2.05) is 0 Å². The minimum Gasteiger partial charge on any atom is -0.326 e. The van der Waals surface area contributed by atoms with Gasteiger partial charge >= 0.3 is 7.60 Å². The van der Waals surface area contributed by atoms with Crippen LogP contribution in [0.3, 0.4) is 0 Å². The highest BCUT2D eigenvalue weighted by Crippen LogP contribution is 2.50. The van der Waals surface area contributed by atoms with Gasteiger partial charge in [0.25, 0.3) is 5.28 Å². The lowest BCUT2D eigenvalue weighted by Crippen LogP contribution is -2.66. The van der Waals surface area contributed by atoms with Crippen molar-refractivity contribution in [2.24, 2.45) is 11.5 Å². The van der Waals surface area contributed by atoms with Crippen molar-refractivity contribution < 1.29 is 28.7 Å². The van der Waals surface area contributed by atoms with Crippen LogP contribution in [-0.4, -0.2) is 58.2 Å². The lowest BCUT2D eigenvalue weighted by Gasteiger charge is -2.33. The summed E-state index contributed by atoms with van der Waals surface area (Å²) in [7, 11) is -4.06. The van der Waals surface area contributed by atoms with Gasteiger partial charge in [0.1, 0.15) is 0 Å². The molecule has 0 radical (unpaired) electrons. The molecule has 0 aliphatic carbocycles. The molecule has 1 amide bonds. The summed E-state index contributed by atoms with van der Waals surface area (Å²) in [4.78, 5) is 55.0. The van der Waals surface area contributed by atoms with Gasteiger partial charge in [-0.3, -0.25) is 18.9 Å². The van der Waals surface area contributed by atoms with Crippen LogP contribution in [0.25, 0.3) is 0 Å². The molecular formula is C10H21N4O6P. The van der Waals surface area contributed by atoms with Crippen molar-refractivity contribution in [3.05, 3.63) is 0 Å². The van der Waals surface area contributed by atoms with Crippen molar-refractivity contribution in [3.63, 3.8) is 0 Å². The fourth-order valence-electron chi connectivity index (χ4n) is 1.56. The average Bonchev–Trinajstić information content (AvgIpc) is 2.32. The Morgan fingerprint density at radius 1 is 1.19 bits per heavy atom. The zero-order chi connectivity index (χ0) is 17.0. The maximum Gasteiger partial charge on any atom is 0.366 e. The van der Waals surface area contributed by atoms with E-state index in [-0.39, 0.29) is 0 Å². The van der Waals surface area contributed by atoms with Gasteiger partial charge in [-0.2, -0.15) is 0 Å². The summed E-state index contributed by atoms with van der Waals surface area (Å²) in [5, 5.41) is 1.12. The second kappa shape index (κ2) is 7.21. The number of hydrogen-bond acceptors (Lipinski definition) is 7. The molecule has 11 heteroatoms. The maximum absolute atomic E-state index is 12.2. The number of carbonyl (C=O) groups excluding carboxylic acids is 3. The molecule has 0 aromatic carbocycles. The molecule has 3 atom stereocenters. The maximum atomic E-state index is 12.2. The summed E-state index contributed by atoms with van der Waals surface area (Å²) in [6.07, 6.45) is 0.